The van der Waals surface area contributed by atoms with E-state index in [-0.39, 0.29) is 11.9 Å². The zero-order valence-electron chi connectivity index (χ0n) is 13.4. The number of benzene rings is 1. The van der Waals surface area contributed by atoms with Crippen LogP contribution in [0.4, 0.5) is 5.69 Å². The van der Waals surface area contributed by atoms with Crippen LogP contribution < -0.4 is 4.90 Å². The van der Waals surface area contributed by atoms with E-state index in [2.05, 4.69) is 6.58 Å². The van der Waals surface area contributed by atoms with Crippen LogP contribution in [0.2, 0.25) is 0 Å². The molecule has 1 aromatic carbocycles. The Morgan fingerprint density at radius 3 is 2.88 bits per heavy atom. The number of carboxylic acid groups (broad SMARTS) is 1. The van der Waals surface area contributed by atoms with Gasteiger partial charge in [0.1, 0.15) is 11.5 Å². The van der Waals surface area contributed by atoms with E-state index in [9.17, 15) is 14.7 Å². The standard InChI is InChI=1S/C19H19NO4/c1-3-6-14-19-10-9-13(24-19)15(18(22)23)16(19)17(21)20(14)12-8-5-4-7-11(12)2/h3-5,7-10,13-16H,1,6H2,2H3,(H,22,23). The van der Waals surface area contributed by atoms with Crippen molar-refractivity contribution < 1.29 is 19.4 Å². The second-order valence-electron chi connectivity index (χ2n) is 6.67. The van der Waals surface area contributed by atoms with E-state index < -0.39 is 29.5 Å². The Kier molecular flexibility index (Phi) is 3.18. The lowest BCUT2D eigenvalue weighted by Gasteiger charge is -2.33. The molecule has 3 heterocycles. The fraction of sp³-hybridized carbons (Fsp3) is 0.368. The number of nitrogens with zero attached hydrogens (tertiary/aromatic N) is 1. The molecule has 1 spiro atoms. The van der Waals surface area contributed by atoms with E-state index in [0.29, 0.717) is 6.42 Å². The van der Waals surface area contributed by atoms with Gasteiger partial charge in [0, 0.05) is 5.69 Å². The number of amides is 1. The second kappa shape index (κ2) is 5.05. The monoisotopic (exact) mass is 325 g/mol. The SMILES string of the molecule is C=CCC1N(c2ccccc2C)C(=O)C2C(C(=O)O)C3C=CC21O3. The van der Waals surface area contributed by atoms with Crippen LogP contribution in [0.5, 0.6) is 0 Å². The van der Waals surface area contributed by atoms with Crippen LogP contribution in [0.1, 0.15) is 12.0 Å². The molecule has 2 bridgehead atoms. The number of para-hydroxylation sites is 1. The summed E-state index contributed by atoms with van der Waals surface area (Å²) in [7, 11) is 0. The number of carbonyl (C=O) groups is 2. The first-order chi connectivity index (χ1) is 11.5. The lowest BCUT2D eigenvalue weighted by molar-refractivity contribution is -0.146. The zero-order valence-corrected chi connectivity index (χ0v) is 13.4. The number of hydrogen-bond acceptors (Lipinski definition) is 3. The highest BCUT2D eigenvalue weighted by Crippen LogP contribution is 2.56. The highest BCUT2D eigenvalue weighted by atomic mass is 16.5. The molecule has 0 aliphatic carbocycles. The van der Waals surface area contributed by atoms with Gasteiger partial charge in [-0.15, -0.1) is 6.58 Å². The first kappa shape index (κ1) is 15.1. The molecular weight excluding hydrogens is 306 g/mol. The van der Waals surface area contributed by atoms with Gasteiger partial charge in [0.2, 0.25) is 5.91 Å². The second-order valence-corrected chi connectivity index (χ2v) is 6.67. The maximum Gasteiger partial charge on any atom is 0.310 e. The Morgan fingerprint density at radius 1 is 1.46 bits per heavy atom. The molecule has 3 aliphatic rings. The van der Waals surface area contributed by atoms with Gasteiger partial charge in [-0.25, -0.2) is 0 Å². The number of carbonyl (C=O) groups excluding carboxylic acids is 1. The van der Waals surface area contributed by atoms with Crippen LogP contribution in [-0.2, 0) is 14.3 Å². The first-order valence-corrected chi connectivity index (χ1v) is 8.11. The normalized spacial score (nSPS) is 36.2. The largest absolute Gasteiger partial charge is 0.481 e. The topological polar surface area (TPSA) is 66.8 Å². The minimum atomic E-state index is -0.978. The number of aliphatic carboxylic acids is 1. The average molecular weight is 325 g/mol. The maximum atomic E-state index is 13.2. The Hall–Kier alpha value is -2.40. The Balaban J connectivity index is 1.87. The van der Waals surface area contributed by atoms with Gasteiger partial charge in [-0.05, 0) is 25.0 Å². The summed E-state index contributed by atoms with van der Waals surface area (Å²) >= 11 is 0. The number of anilines is 1. The molecule has 0 aromatic heterocycles. The quantitative estimate of drug-likeness (QED) is 0.863. The van der Waals surface area contributed by atoms with Gasteiger partial charge in [-0.2, -0.15) is 0 Å². The van der Waals surface area contributed by atoms with Gasteiger partial charge in [0.15, 0.2) is 0 Å². The third-order valence-corrected chi connectivity index (χ3v) is 5.47. The van der Waals surface area contributed by atoms with Crippen molar-refractivity contribution >= 4 is 17.6 Å². The van der Waals surface area contributed by atoms with Crippen molar-refractivity contribution in [2.45, 2.75) is 31.1 Å². The Bertz CT molecular complexity index is 770. The maximum absolute atomic E-state index is 13.2. The van der Waals surface area contributed by atoms with Gasteiger partial charge >= 0.3 is 5.97 Å². The molecule has 1 amide bonds. The van der Waals surface area contributed by atoms with Crippen LogP contribution in [0.25, 0.3) is 0 Å². The summed E-state index contributed by atoms with van der Waals surface area (Å²) in [4.78, 5) is 26.7. The summed E-state index contributed by atoms with van der Waals surface area (Å²) in [6.07, 6.45) is 5.47. The fourth-order valence-corrected chi connectivity index (χ4v) is 4.50. The highest BCUT2D eigenvalue weighted by Gasteiger charge is 2.71. The zero-order chi connectivity index (χ0) is 17.1. The van der Waals surface area contributed by atoms with Crippen LogP contribution in [0, 0.1) is 18.8 Å². The molecule has 5 unspecified atom stereocenters. The third kappa shape index (κ3) is 1.73. The lowest BCUT2D eigenvalue weighted by atomic mass is 9.74. The summed E-state index contributed by atoms with van der Waals surface area (Å²) in [5.41, 5.74) is 0.908. The van der Waals surface area contributed by atoms with Crippen molar-refractivity contribution in [2.24, 2.45) is 11.8 Å². The molecule has 1 aromatic rings. The molecule has 2 fully saturated rings. The predicted molar refractivity (Wildman–Crippen MR) is 88.6 cm³/mol. The fourth-order valence-electron chi connectivity index (χ4n) is 4.50. The van der Waals surface area contributed by atoms with Gasteiger partial charge in [0.05, 0.1) is 18.1 Å². The van der Waals surface area contributed by atoms with Gasteiger partial charge in [-0.3, -0.25) is 9.59 Å². The van der Waals surface area contributed by atoms with E-state index in [4.69, 9.17) is 4.74 Å². The van der Waals surface area contributed by atoms with Gasteiger partial charge in [0.25, 0.3) is 0 Å². The minimum Gasteiger partial charge on any atom is -0.481 e. The predicted octanol–water partition coefficient (Wildman–Crippen LogP) is 2.31. The molecular formula is C19H19NO4. The van der Waals surface area contributed by atoms with Crippen molar-refractivity contribution in [3.8, 4) is 0 Å². The first-order valence-electron chi connectivity index (χ1n) is 8.11. The molecule has 0 radical (unpaired) electrons. The van der Waals surface area contributed by atoms with Crippen LogP contribution in [-0.4, -0.2) is 34.7 Å². The van der Waals surface area contributed by atoms with Crippen LogP contribution in [0.15, 0.2) is 49.1 Å². The molecule has 1 N–H and O–H groups in total. The van der Waals surface area contributed by atoms with Crippen molar-refractivity contribution in [1.82, 2.24) is 0 Å². The average Bonchev–Trinajstić information content (AvgIpc) is 3.18. The van der Waals surface area contributed by atoms with Gasteiger partial charge < -0.3 is 14.7 Å². The molecule has 124 valence electrons. The number of ether oxygens (including phenoxy) is 1. The van der Waals surface area contributed by atoms with E-state index >= 15 is 0 Å². The van der Waals surface area contributed by atoms with Crippen molar-refractivity contribution in [2.75, 3.05) is 4.90 Å². The molecule has 3 aliphatic heterocycles. The number of carboxylic acids is 1. The molecule has 4 rings (SSSR count). The summed E-state index contributed by atoms with van der Waals surface area (Å²) in [6.45, 7) is 5.76. The Labute approximate surface area is 140 Å². The minimum absolute atomic E-state index is 0.171. The number of hydrogen-bond donors (Lipinski definition) is 1. The summed E-state index contributed by atoms with van der Waals surface area (Å²) < 4.78 is 6.08. The van der Waals surface area contributed by atoms with E-state index in [1.54, 1.807) is 17.1 Å². The molecule has 24 heavy (non-hydrogen) atoms. The Morgan fingerprint density at radius 2 is 2.21 bits per heavy atom. The van der Waals surface area contributed by atoms with Crippen molar-refractivity contribution in [1.29, 1.82) is 0 Å². The number of rotatable bonds is 4. The smallest absolute Gasteiger partial charge is 0.310 e. The summed E-state index contributed by atoms with van der Waals surface area (Å²) in [5, 5.41) is 9.62. The molecule has 0 saturated carbocycles. The summed E-state index contributed by atoms with van der Waals surface area (Å²) in [5.74, 6) is -2.66. The van der Waals surface area contributed by atoms with E-state index in [1.807, 2.05) is 37.3 Å². The van der Waals surface area contributed by atoms with Crippen LogP contribution in [0.3, 0.4) is 0 Å². The molecule has 5 atom stereocenters. The number of fused-ring (bicyclic) bond motifs is 1. The van der Waals surface area contributed by atoms with E-state index in [0.717, 1.165) is 11.3 Å². The lowest BCUT2D eigenvalue weighted by Crippen LogP contribution is -2.45. The molecule has 5 heteroatoms. The number of aryl methyl sites for hydroxylation is 1. The molecule has 5 nitrogen and oxygen atoms in total. The summed E-state index contributed by atoms with van der Waals surface area (Å²) in [6, 6.07) is 7.37. The third-order valence-electron chi connectivity index (χ3n) is 5.47. The van der Waals surface area contributed by atoms with Gasteiger partial charge in [-0.1, -0.05) is 36.4 Å². The highest BCUT2D eigenvalue weighted by molar-refractivity contribution is 6.03. The molecule has 2 saturated heterocycles. The van der Waals surface area contributed by atoms with Crippen LogP contribution >= 0.6 is 0 Å². The van der Waals surface area contributed by atoms with E-state index in [1.165, 1.54) is 0 Å². The van der Waals surface area contributed by atoms with Crippen molar-refractivity contribution in [3.63, 3.8) is 0 Å². The van der Waals surface area contributed by atoms with Crippen molar-refractivity contribution in [3.05, 3.63) is 54.6 Å².